The zero-order valence-corrected chi connectivity index (χ0v) is 12.3. The van der Waals surface area contributed by atoms with Crippen LogP contribution in [0.15, 0.2) is 0 Å². The number of piperidine rings is 1. The van der Waals surface area contributed by atoms with Gasteiger partial charge in [0.2, 0.25) is 0 Å². The molecule has 0 aromatic heterocycles. The van der Waals surface area contributed by atoms with Crippen molar-refractivity contribution in [3.63, 3.8) is 0 Å². The third kappa shape index (κ3) is 4.44. The van der Waals surface area contributed by atoms with Crippen molar-refractivity contribution in [2.45, 2.75) is 25.7 Å². The van der Waals surface area contributed by atoms with Crippen LogP contribution in [0.2, 0.25) is 0 Å². The standard InChI is InChI=1S/C13H25NO3S/c1-17-9-6-13(12(15)16)5-3-7-14(11-13)8-4-10-18-2/h3-11H2,1-2H3,(H,15,16)/t13-/m1/s1. The predicted molar refractivity (Wildman–Crippen MR) is 75.2 cm³/mol. The van der Waals surface area contributed by atoms with Crippen molar-refractivity contribution in [2.75, 3.05) is 45.4 Å². The topological polar surface area (TPSA) is 49.8 Å². The molecule has 5 heteroatoms. The minimum atomic E-state index is -0.658. The largest absolute Gasteiger partial charge is 0.481 e. The molecule has 0 saturated carbocycles. The van der Waals surface area contributed by atoms with Gasteiger partial charge in [0.1, 0.15) is 0 Å². The lowest BCUT2D eigenvalue weighted by Gasteiger charge is -2.40. The summed E-state index contributed by atoms with van der Waals surface area (Å²) in [6, 6.07) is 0. The highest BCUT2D eigenvalue weighted by Crippen LogP contribution is 2.34. The summed E-state index contributed by atoms with van der Waals surface area (Å²) >= 11 is 1.85. The Morgan fingerprint density at radius 2 is 2.33 bits per heavy atom. The van der Waals surface area contributed by atoms with Crippen molar-refractivity contribution in [3.05, 3.63) is 0 Å². The number of thioether (sulfide) groups is 1. The molecule has 1 atom stereocenters. The van der Waals surface area contributed by atoms with E-state index in [1.165, 1.54) is 0 Å². The van der Waals surface area contributed by atoms with Crippen molar-refractivity contribution in [1.29, 1.82) is 0 Å². The molecule has 4 nitrogen and oxygen atoms in total. The fourth-order valence-corrected chi connectivity index (χ4v) is 3.05. The third-order valence-electron chi connectivity index (χ3n) is 3.72. The molecular formula is C13H25NO3S. The third-order valence-corrected chi connectivity index (χ3v) is 4.41. The summed E-state index contributed by atoms with van der Waals surface area (Å²) < 4.78 is 5.07. The Bertz CT molecular complexity index is 263. The summed E-state index contributed by atoms with van der Waals surface area (Å²) in [5.74, 6) is 0.489. The van der Waals surface area contributed by atoms with Gasteiger partial charge in [0.15, 0.2) is 0 Å². The van der Waals surface area contributed by atoms with Gasteiger partial charge in [0.25, 0.3) is 0 Å². The number of carboxylic acids is 1. The first kappa shape index (κ1) is 15.8. The first-order valence-corrected chi connectivity index (χ1v) is 7.97. The van der Waals surface area contributed by atoms with Gasteiger partial charge in [-0.2, -0.15) is 11.8 Å². The highest BCUT2D eigenvalue weighted by molar-refractivity contribution is 7.98. The lowest BCUT2D eigenvalue weighted by Crippen LogP contribution is -2.48. The van der Waals surface area contributed by atoms with E-state index in [-0.39, 0.29) is 0 Å². The van der Waals surface area contributed by atoms with Gasteiger partial charge in [0, 0.05) is 20.3 Å². The van der Waals surface area contributed by atoms with Gasteiger partial charge in [-0.1, -0.05) is 0 Å². The van der Waals surface area contributed by atoms with Gasteiger partial charge < -0.3 is 14.7 Å². The number of hydrogen-bond acceptors (Lipinski definition) is 4. The Balaban J connectivity index is 2.53. The summed E-state index contributed by atoms with van der Waals surface area (Å²) in [5, 5.41) is 9.52. The highest BCUT2D eigenvalue weighted by atomic mass is 32.2. The predicted octanol–water partition coefficient (Wildman–Crippen LogP) is 1.94. The quantitative estimate of drug-likeness (QED) is 0.686. The summed E-state index contributed by atoms with van der Waals surface area (Å²) in [6.07, 6.45) is 5.63. The van der Waals surface area contributed by atoms with Gasteiger partial charge in [-0.15, -0.1) is 0 Å². The van der Waals surface area contributed by atoms with Gasteiger partial charge in [-0.05, 0) is 50.8 Å². The molecular weight excluding hydrogens is 250 g/mol. The lowest BCUT2D eigenvalue weighted by atomic mass is 9.77. The maximum atomic E-state index is 11.6. The van der Waals surface area contributed by atoms with E-state index in [9.17, 15) is 9.90 Å². The van der Waals surface area contributed by atoms with Crippen LogP contribution in [0, 0.1) is 5.41 Å². The molecule has 1 saturated heterocycles. The second kappa shape index (κ2) is 8.02. The molecule has 18 heavy (non-hydrogen) atoms. The zero-order valence-electron chi connectivity index (χ0n) is 11.5. The zero-order chi connectivity index (χ0) is 13.4. The van der Waals surface area contributed by atoms with E-state index in [0.717, 1.165) is 38.1 Å². The van der Waals surface area contributed by atoms with Gasteiger partial charge >= 0.3 is 5.97 Å². The number of likely N-dealkylation sites (tertiary alicyclic amines) is 1. The SMILES string of the molecule is COCC[C@]1(C(=O)O)CCCN(CCCSC)C1. The highest BCUT2D eigenvalue weighted by Gasteiger charge is 2.41. The van der Waals surface area contributed by atoms with Crippen molar-refractivity contribution in [2.24, 2.45) is 5.41 Å². The molecule has 0 radical (unpaired) electrons. The molecule has 0 spiro atoms. The molecule has 0 aromatic carbocycles. The molecule has 0 aliphatic carbocycles. The van der Waals surface area contributed by atoms with Crippen LogP contribution < -0.4 is 0 Å². The van der Waals surface area contributed by atoms with Crippen LogP contribution >= 0.6 is 11.8 Å². The Labute approximate surface area is 114 Å². The molecule has 0 unspecified atom stereocenters. The Hall–Kier alpha value is -0.260. The molecule has 1 fully saturated rings. The van der Waals surface area contributed by atoms with Crippen LogP contribution in [0.3, 0.4) is 0 Å². The second-order valence-electron chi connectivity index (χ2n) is 5.05. The van der Waals surface area contributed by atoms with Crippen LogP contribution in [-0.2, 0) is 9.53 Å². The normalized spacial score (nSPS) is 25.2. The van der Waals surface area contributed by atoms with E-state index in [4.69, 9.17) is 4.74 Å². The summed E-state index contributed by atoms with van der Waals surface area (Å²) in [4.78, 5) is 13.9. The van der Waals surface area contributed by atoms with E-state index in [0.29, 0.717) is 19.6 Å². The lowest BCUT2D eigenvalue weighted by molar-refractivity contribution is -0.154. The molecule has 1 N–H and O–H groups in total. The summed E-state index contributed by atoms with van der Waals surface area (Å²) in [7, 11) is 1.63. The van der Waals surface area contributed by atoms with Crippen LogP contribution in [0.1, 0.15) is 25.7 Å². The number of carboxylic acid groups (broad SMARTS) is 1. The summed E-state index contributed by atoms with van der Waals surface area (Å²) in [5.41, 5.74) is -0.590. The van der Waals surface area contributed by atoms with E-state index in [1.807, 2.05) is 11.8 Å². The molecule has 106 valence electrons. The van der Waals surface area contributed by atoms with Crippen LogP contribution in [0.25, 0.3) is 0 Å². The van der Waals surface area contributed by atoms with Gasteiger partial charge in [-0.25, -0.2) is 0 Å². The molecule has 0 bridgehead atoms. The van der Waals surface area contributed by atoms with E-state index < -0.39 is 11.4 Å². The molecule has 0 aromatic rings. The first-order valence-electron chi connectivity index (χ1n) is 6.58. The molecule has 0 amide bonds. The van der Waals surface area contributed by atoms with E-state index in [1.54, 1.807) is 7.11 Å². The van der Waals surface area contributed by atoms with Crippen LogP contribution in [0.5, 0.6) is 0 Å². The Morgan fingerprint density at radius 1 is 1.56 bits per heavy atom. The number of hydrogen-bond donors (Lipinski definition) is 1. The van der Waals surface area contributed by atoms with Gasteiger partial charge in [-0.3, -0.25) is 4.79 Å². The fraction of sp³-hybridized carbons (Fsp3) is 0.923. The second-order valence-corrected chi connectivity index (χ2v) is 6.04. The monoisotopic (exact) mass is 275 g/mol. The van der Waals surface area contributed by atoms with Crippen molar-refractivity contribution in [1.82, 2.24) is 4.90 Å². The Morgan fingerprint density at radius 3 is 2.94 bits per heavy atom. The molecule has 1 heterocycles. The van der Waals surface area contributed by atoms with Crippen LogP contribution in [-0.4, -0.2) is 61.3 Å². The maximum absolute atomic E-state index is 11.6. The molecule has 1 rings (SSSR count). The first-order chi connectivity index (χ1) is 8.64. The summed E-state index contributed by atoms with van der Waals surface area (Å²) in [6.45, 7) is 3.27. The molecule has 1 aliphatic rings. The Kier molecular flexibility index (Phi) is 7.04. The number of rotatable bonds is 8. The maximum Gasteiger partial charge on any atom is 0.311 e. The number of ether oxygens (including phenoxy) is 1. The fourth-order valence-electron chi connectivity index (χ4n) is 2.63. The van der Waals surface area contributed by atoms with Crippen molar-refractivity contribution < 1.29 is 14.6 Å². The van der Waals surface area contributed by atoms with Crippen molar-refractivity contribution in [3.8, 4) is 0 Å². The van der Waals surface area contributed by atoms with E-state index in [2.05, 4.69) is 11.2 Å². The van der Waals surface area contributed by atoms with Crippen molar-refractivity contribution >= 4 is 17.7 Å². The minimum absolute atomic E-state index is 0.533. The average Bonchev–Trinajstić information content (AvgIpc) is 2.37. The van der Waals surface area contributed by atoms with E-state index >= 15 is 0 Å². The smallest absolute Gasteiger partial charge is 0.311 e. The number of methoxy groups -OCH3 is 1. The molecule has 1 aliphatic heterocycles. The average molecular weight is 275 g/mol. The van der Waals surface area contributed by atoms with Crippen LogP contribution in [0.4, 0.5) is 0 Å². The number of aliphatic carboxylic acids is 1. The number of nitrogens with zero attached hydrogens (tertiary/aromatic N) is 1. The number of carbonyl (C=O) groups is 1. The minimum Gasteiger partial charge on any atom is -0.481 e. The van der Waals surface area contributed by atoms with Gasteiger partial charge in [0.05, 0.1) is 5.41 Å².